The van der Waals surface area contributed by atoms with Crippen LogP contribution in [0.15, 0.2) is 18.3 Å². The van der Waals surface area contributed by atoms with E-state index in [1.807, 2.05) is 13.0 Å². The molecule has 0 aromatic carbocycles. The fourth-order valence-corrected chi connectivity index (χ4v) is 2.64. The summed E-state index contributed by atoms with van der Waals surface area (Å²) in [5.41, 5.74) is 6.42. The van der Waals surface area contributed by atoms with Crippen molar-refractivity contribution in [3.05, 3.63) is 23.2 Å². The van der Waals surface area contributed by atoms with Gasteiger partial charge in [0, 0.05) is 24.2 Å². The lowest BCUT2D eigenvalue weighted by atomic mass is 10.2. The number of carbonyl (C=O) groups is 1. The van der Waals surface area contributed by atoms with Crippen molar-refractivity contribution in [2.24, 2.45) is 0 Å². The van der Waals surface area contributed by atoms with E-state index in [1.165, 1.54) is 11.3 Å². The number of nitrogens with zero attached hydrogens (tertiary/aromatic N) is 1. The smallest absolute Gasteiger partial charge is 0.263 e. The maximum atomic E-state index is 12.0. The summed E-state index contributed by atoms with van der Waals surface area (Å²) in [6, 6.07) is 3.56. The number of nitrogens with one attached hydrogen (secondary N) is 1. The molecule has 2 aromatic heterocycles. The Balaban J connectivity index is 2.25. The predicted octanol–water partition coefficient (Wildman–Crippen LogP) is 1.38. The van der Waals surface area contributed by atoms with Crippen LogP contribution in [0.25, 0.3) is 10.2 Å². The van der Waals surface area contributed by atoms with Crippen LogP contribution in [-0.2, 0) is 0 Å². The molecule has 2 aromatic rings. The van der Waals surface area contributed by atoms with Gasteiger partial charge in [-0.2, -0.15) is 0 Å². The average molecular weight is 265 g/mol. The molecule has 1 amide bonds. The number of amides is 1. The first-order valence-corrected chi connectivity index (χ1v) is 6.50. The van der Waals surface area contributed by atoms with Crippen molar-refractivity contribution in [2.75, 3.05) is 12.3 Å². The monoisotopic (exact) mass is 265 g/mol. The van der Waals surface area contributed by atoms with E-state index in [0.29, 0.717) is 17.0 Å². The molecule has 6 heteroatoms. The highest BCUT2D eigenvalue weighted by Gasteiger charge is 2.18. The third-order valence-corrected chi connectivity index (χ3v) is 3.78. The molecule has 0 saturated carbocycles. The molecule has 4 N–H and O–H groups in total. The number of rotatable bonds is 4. The number of anilines is 1. The van der Waals surface area contributed by atoms with Gasteiger partial charge in [0.15, 0.2) is 0 Å². The zero-order valence-electron chi connectivity index (χ0n) is 10.0. The van der Waals surface area contributed by atoms with Crippen LogP contribution in [-0.4, -0.2) is 28.6 Å². The van der Waals surface area contributed by atoms with Crippen molar-refractivity contribution in [2.45, 2.75) is 19.4 Å². The second-order valence-electron chi connectivity index (χ2n) is 4.09. The van der Waals surface area contributed by atoms with Gasteiger partial charge < -0.3 is 16.2 Å². The fourth-order valence-electron chi connectivity index (χ4n) is 1.67. The normalized spacial score (nSPS) is 12.6. The van der Waals surface area contributed by atoms with Crippen LogP contribution in [0, 0.1) is 0 Å². The average Bonchev–Trinajstić information content (AvgIpc) is 2.68. The molecule has 0 radical (unpaired) electrons. The van der Waals surface area contributed by atoms with Crippen molar-refractivity contribution in [3.8, 4) is 0 Å². The zero-order chi connectivity index (χ0) is 13.1. The molecule has 0 spiro atoms. The van der Waals surface area contributed by atoms with Crippen LogP contribution >= 0.6 is 11.3 Å². The standard InChI is InChI=1S/C12H15N3O2S/c1-7(4-6-16)15-11(17)10-9(13)8-3-2-5-14-12(8)18-10/h2-3,5,7,16H,4,6,13H2,1H3,(H,15,17). The number of pyridine rings is 1. The molecule has 5 nitrogen and oxygen atoms in total. The Morgan fingerprint density at radius 1 is 1.67 bits per heavy atom. The van der Waals surface area contributed by atoms with E-state index < -0.39 is 0 Å². The van der Waals surface area contributed by atoms with Gasteiger partial charge in [-0.3, -0.25) is 4.79 Å². The summed E-state index contributed by atoms with van der Waals surface area (Å²) >= 11 is 1.28. The molecule has 0 aliphatic heterocycles. The molecule has 96 valence electrons. The Hall–Kier alpha value is -1.66. The molecule has 2 rings (SSSR count). The van der Waals surface area contributed by atoms with Crippen LogP contribution in [0.3, 0.4) is 0 Å². The highest BCUT2D eigenvalue weighted by molar-refractivity contribution is 7.21. The predicted molar refractivity (Wildman–Crippen MR) is 72.7 cm³/mol. The van der Waals surface area contributed by atoms with E-state index in [9.17, 15) is 4.79 Å². The minimum Gasteiger partial charge on any atom is -0.397 e. The molecule has 1 unspecified atom stereocenters. The number of fused-ring (bicyclic) bond motifs is 1. The Kier molecular flexibility index (Phi) is 3.78. The third kappa shape index (κ3) is 2.44. The molecule has 1 atom stereocenters. The molecule has 2 heterocycles. The largest absolute Gasteiger partial charge is 0.397 e. The molecular formula is C12H15N3O2S. The van der Waals surface area contributed by atoms with Crippen LogP contribution < -0.4 is 11.1 Å². The maximum absolute atomic E-state index is 12.0. The minimum absolute atomic E-state index is 0.0465. The summed E-state index contributed by atoms with van der Waals surface area (Å²) < 4.78 is 0. The van der Waals surface area contributed by atoms with Gasteiger partial charge in [0.1, 0.15) is 9.71 Å². The number of aliphatic hydroxyl groups excluding tert-OH is 1. The van der Waals surface area contributed by atoms with Crippen molar-refractivity contribution >= 4 is 33.1 Å². The highest BCUT2D eigenvalue weighted by Crippen LogP contribution is 2.31. The summed E-state index contributed by atoms with van der Waals surface area (Å²) in [5, 5.41) is 12.4. The van der Waals surface area contributed by atoms with Gasteiger partial charge in [-0.15, -0.1) is 11.3 Å². The van der Waals surface area contributed by atoms with Crippen molar-refractivity contribution in [3.63, 3.8) is 0 Å². The number of thiophene rings is 1. The van der Waals surface area contributed by atoms with Gasteiger partial charge in [0.2, 0.25) is 0 Å². The Labute approximate surface area is 109 Å². The number of aromatic nitrogens is 1. The third-order valence-electron chi connectivity index (χ3n) is 2.65. The number of nitrogen functional groups attached to an aromatic ring is 1. The van der Waals surface area contributed by atoms with E-state index in [2.05, 4.69) is 10.3 Å². The minimum atomic E-state index is -0.212. The molecule has 18 heavy (non-hydrogen) atoms. The van der Waals surface area contributed by atoms with Gasteiger partial charge >= 0.3 is 0 Å². The molecule has 0 bridgehead atoms. The van der Waals surface area contributed by atoms with E-state index in [0.717, 1.165) is 10.2 Å². The number of nitrogens with two attached hydrogens (primary N) is 1. The lowest BCUT2D eigenvalue weighted by Gasteiger charge is -2.11. The van der Waals surface area contributed by atoms with E-state index in [-0.39, 0.29) is 18.6 Å². The maximum Gasteiger partial charge on any atom is 0.263 e. The Morgan fingerprint density at radius 2 is 2.44 bits per heavy atom. The molecule has 0 aliphatic rings. The Morgan fingerprint density at radius 3 is 3.11 bits per heavy atom. The Bertz CT molecular complexity index is 567. The van der Waals surface area contributed by atoms with Gasteiger partial charge in [-0.25, -0.2) is 4.98 Å². The lowest BCUT2D eigenvalue weighted by molar-refractivity contribution is 0.0939. The quantitative estimate of drug-likeness (QED) is 0.779. The fraction of sp³-hybridized carbons (Fsp3) is 0.333. The first-order chi connectivity index (χ1) is 8.63. The van der Waals surface area contributed by atoms with E-state index in [4.69, 9.17) is 10.8 Å². The number of aliphatic hydroxyl groups is 1. The van der Waals surface area contributed by atoms with Crippen molar-refractivity contribution in [1.29, 1.82) is 0 Å². The second-order valence-corrected chi connectivity index (χ2v) is 5.09. The van der Waals surface area contributed by atoms with Crippen molar-refractivity contribution in [1.82, 2.24) is 10.3 Å². The van der Waals surface area contributed by atoms with Crippen LogP contribution in [0.2, 0.25) is 0 Å². The number of hydrogen-bond donors (Lipinski definition) is 3. The van der Waals surface area contributed by atoms with Crippen LogP contribution in [0.1, 0.15) is 23.0 Å². The molecule has 0 aliphatic carbocycles. The molecule has 0 saturated heterocycles. The molecule has 0 fully saturated rings. The summed E-state index contributed by atoms with van der Waals surface area (Å²) in [6.45, 7) is 1.89. The number of hydrogen-bond acceptors (Lipinski definition) is 5. The van der Waals surface area contributed by atoms with E-state index in [1.54, 1.807) is 12.3 Å². The van der Waals surface area contributed by atoms with Gasteiger partial charge in [-0.1, -0.05) is 0 Å². The zero-order valence-corrected chi connectivity index (χ0v) is 10.8. The highest BCUT2D eigenvalue weighted by atomic mass is 32.1. The summed E-state index contributed by atoms with van der Waals surface area (Å²) in [5.74, 6) is -0.212. The first-order valence-electron chi connectivity index (χ1n) is 5.68. The second kappa shape index (κ2) is 5.32. The van der Waals surface area contributed by atoms with Crippen LogP contribution in [0.5, 0.6) is 0 Å². The summed E-state index contributed by atoms with van der Waals surface area (Å²) in [4.78, 5) is 17.4. The number of carbonyl (C=O) groups excluding carboxylic acids is 1. The summed E-state index contributed by atoms with van der Waals surface area (Å²) in [6.07, 6.45) is 2.20. The van der Waals surface area contributed by atoms with Gasteiger partial charge in [0.05, 0.1) is 5.69 Å². The van der Waals surface area contributed by atoms with Gasteiger partial charge in [0.25, 0.3) is 5.91 Å². The van der Waals surface area contributed by atoms with E-state index >= 15 is 0 Å². The van der Waals surface area contributed by atoms with Crippen LogP contribution in [0.4, 0.5) is 5.69 Å². The van der Waals surface area contributed by atoms with Crippen molar-refractivity contribution < 1.29 is 9.90 Å². The topological polar surface area (TPSA) is 88.2 Å². The first kappa shape index (κ1) is 12.8. The summed E-state index contributed by atoms with van der Waals surface area (Å²) in [7, 11) is 0. The van der Waals surface area contributed by atoms with Gasteiger partial charge in [-0.05, 0) is 25.5 Å². The lowest BCUT2D eigenvalue weighted by Crippen LogP contribution is -2.33. The SMILES string of the molecule is CC(CCO)NC(=O)c1sc2ncccc2c1N. The molecular weight excluding hydrogens is 250 g/mol.